The standard InChI is InChI=1S/C6H4N6O3/c1-4(6-7-3-14-10-6)9-15-12(1)5-2-13-11-8-5/h1-3,9H. The summed E-state index contributed by atoms with van der Waals surface area (Å²) >= 11 is 0. The lowest BCUT2D eigenvalue weighted by Gasteiger charge is -2.05. The van der Waals surface area contributed by atoms with Crippen molar-refractivity contribution >= 4 is 11.5 Å². The molecule has 15 heavy (non-hydrogen) atoms. The van der Waals surface area contributed by atoms with Crippen LogP contribution in [0.15, 0.2) is 27.9 Å². The summed E-state index contributed by atoms with van der Waals surface area (Å²) in [6.07, 6.45) is 4.14. The molecule has 0 spiro atoms. The molecule has 0 saturated heterocycles. The number of aromatic nitrogens is 4. The summed E-state index contributed by atoms with van der Waals surface area (Å²) in [6.45, 7) is 0. The summed E-state index contributed by atoms with van der Waals surface area (Å²) < 4.78 is 9.15. The molecule has 0 bridgehead atoms. The fraction of sp³-hybridized carbons (Fsp3) is 0. The number of hydroxylamine groups is 2. The Kier molecular flexibility index (Phi) is 1.62. The van der Waals surface area contributed by atoms with Crippen molar-refractivity contribution in [3.05, 3.63) is 24.7 Å². The van der Waals surface area contributed by atoms with Gasteiger partial charge in [0.25, 0.3) is 0 Å². The van der Waals surface area contributed by atoms with E-state index in [1.54, 1.807) is 6.20 Å². The van der Waals surface area contributed by atoms with Crippen molar-refractivity contribution in [1.82, 2.24) is 26.0 Å². The van der Waals surface area contributed by atoms with Crippen LogP contribution in [0.5, 0.6) is 0 Å². The van der Waals surface area contributed by atoms with Crippen LogP contribution in [0, 0.1) is 0 Å². The molecule has 0 atom stereocenters. The minimum Gasteiger partial charge on any atom is -0.343 e. The molecule has 1 aliphatic heterocycles. The van der Waals surface area contributed by atoms with Gasteiger partial charge in [-0.1, -0.05) is 10.3 Å². The molecule has 0 fully saturated rings. The van der Waals surface area contributed by atoms with Gasteiger partial charge in [0.05, 0.1) is 6.20 Å². The van der Waals surface area contributed by atoms with Crippen LogP contribution in [-0.4, -0.2) is 20.5 Å². The number of hydrogen-bond acceptors (Lipinski definition) is 9. The maximum atomic E-state index is 5.04. The van der Waals surface area contributed by atoms with Crippen molar-refractivity contribution in [1.29, 1.82) is 0 Å². The molecule has 0 aliphatic carbocycles. The van der Waals surface area contributed by atoms with Crippen molar-refractivity contribution in [3.63, 3.8) is 0 Å². The van der Waals surface area contributed by atoms with Crippen LogP contribution >= 0.6 is 0 Å². The van der Waals surface area contributed by atoms with Gasteiger partial charge < -0.3 is 9.05 Å². The third kappa shape index (κ3) is 1.30. The zero-order valence-electron chi connectivity index (χ0n) is 7.19. The fourth-order valence-corrected chi connectivity index (χ4v) is 1.03. The van der Waals surface area contributed by atoms with E-state index in [9.17, 15) is 0 Å². The Labute approximate surface area is 82.2 Å². The van der Waals surface area contributed by atoms with Gasteiger partial charge in [-0.3, -0.25) is 0 Å². The molecule has 9 heteroatoms. The van der Waals surface area contributed by atoms with Gasteiger partial charge in [-0.2, -0.15) is 10.0 Å². The summed E-state index contributed by atoms with van der Waals surface area (Å²) in [4.78, 5) is 8.88. The lowest BCUT2D eigenvalue weighted by molar-refractivity contribution is 0.0918. The van der Waals surface area contributed by atoms with Crippen LogP contribution in [0.2, 0.25) is 0 Å². The number of nitrogens with zero attached hydrogens (tertiary/aromatic N) is 5. The second-order valence-corrected chi connectivity index (χ2v) is 2.58. The third-order valence-corrected chi connectivity index (χ3v) is 1.68. The first-order chi connectivity index (χ1) is 7.43. The van der Waals surface area contributed by atoms with Gasteiger partial charge >= 0.3 is 0 Å². The Hall–Kier alpha value is -2.42. The van der Waals surface area contributed by atoms with E-state index in [2.05, 4.69) is 35.0 Å². The SMILES string of the molecule is C1=C(c2ncon2)NON1c1conn1. The smallest absolute Gasteiger partial charge is 0.223 e. The van der Waals surface area contributed by atoms with E-state index in [0.29, 0.717) is 17.3 Å². The van der Waals surface area contributed by atoms with Crippen LogP contribution in [0.25, 0.3) is 5.70 Å². The van der Waals surface area contributed by atoms with E-state index in [1.165, 1.54) is 17.7 Å². The monoisotopic (exact) mass is 208 g/mol. The first kappa shape index (κ1) is 7.94. The molecule has 3 rings (SSSR count). The number of anilines is 1. The Morgan fingerprint density at radius 1 is 1.33 bits per heavy atom. The Bertz CT molecular complexity index is 463. The van der Waals surface area contributed by atoms with E-state index in [1.807, 2.05) is 0 Å². The average molecular weight is 208 g/mol. The van der Waals surface area contributed by atoms with Crippen molar-refractivity contribution in [2.45, 2.75) is 0 Å². The van der Waals surface area contributed by atoms with Crippen LogP contribution < -0.4 is 10.5 Å². The van der Waals surface area contributed by atoms with Gasteiger partial charge in [0, 0.05) is 5.27 Å². The molecule has 1 aliphatic rings. The molecular formula is C6H4N6O3. The Balaban J connectivity index is 1.87. The normalized spacial score (nSPS) is 15.2. The Morgan fingerprint density at radius 3 is 3.07 bits per heavy atom. The summed E-state index contributed by atoms with van der Waals surface area (Å²) in [5.41, 5.74) is 3.14. The van der Waals surface area contributed by atoms with Crippen molar-refractivity contribution < 1.29 is 14.0 Å². The van der Waals surface area contributed by atoms with Gasteiger partial charge in [-0.15, -0.1) is 4.94 Å². The minimum atomic E-state index is 0.383. The molecule has 1 N–H and O–H groups in total. The third-order valence-electron chi connectivity index (χ3n) is 1.68. The largest absolute Gasteiger partial charge is 0.343 e. The highest BCUT2D eigenvalue weighted by Crippen LogP contribution is 2.18. The van der Waals surface area contributed by atoms with Gasteiger partial charge in [0.1, 0.15) is 5.70 Å². The molecule has 2 aromatic rings. The number of hydrogen-bond donors (Lipinski definition) is 1. The van der Waals surface area contributed by atoms with Crippen molar-refractivity contribution in [2.75, 3.05) is 5.06 Å². The quantitative estimate of drug-likeness (QED) is 0.712. The molecule has 3 heterocycles. The predicted octanol–water partition coefficient (Wildman–Crippen LogP) is -0.293. The topological polar surface area (TPSA) is 102 Å². The lowest BCUT2D eigenvalue weighted by atomic mass is 10.4. The van der Waals surface area contributed by atoms with E-state index >= 15 is 0 Å². The second-order valence-electron chi connectivity index (χ2n) is 2.58. The maximum absolute atomic E-state index is 5.04. The van der Waals surface area contributed by atoms with Crippen molar-refractivity contribution in [2.24, 2.45) is 0 Å². The molecule has 0 amide bonds. The first-order valence-corrected chi connectivity index (χ1v) is 3.91. The van der Waals surface area contributed by atoms with E-state index < -0.39 is 0 Å². The minimum absolute atomic E-state index is 0.383. The van der Waals surface area contributed by atoms with Crippen molar-refractivity contribution in [3.8, 4) is 0 Å². The number of nitrogens with one attached hydrogen (secondary N) is 1. The molecular weight excluding hydrogens is 204 g/mol. The van der Waals surface area contributed by atoms with Gasteiger partial charge in [-0.25, -0.2) is 5.48 Å². The molecule has 0 radical (unpaired) electrons. The fourth-order valence-electron chi connectivity index (χ4n) is 1.03. The molecule has 2 aromatic heterocycles. The summed E-state index contributed by atoms with van der Waals surface area (Å²) in [5, 5.41) is 11.9. The number of rotatable bonds is 2. The predicted molar refractivity (Wildman–Crippen MR) is 43.3 cm³/mol. The molecule has 0 unspecified atom stereocenters. The summed E-state index contributed by atoms with van der Waals surface area (Å²) in [6, 6.07) is 0. The van der Waals surface area contributed by atoms with E-state index in [4.69, 9.17) is 4.94 Å². The van der Waals surface area contributed by atoms with Crippen LogP contribution in [0.4, 0.5) is 5.82 Å². The molecule has 76 valence electrons. The van der Waals surface area contributed by atoms with Gasteiger partial charge in [-0.05, 0) is 0 Å². The van der Waals surface area contributed by atoms with Crippen LogP contribution in [0.3, 0.4) is 0 Å². The lowest BCUT2D eigenvalue weighted by Crippen LogP contribution is -2.17. The molecule has 9 nitrogen and oxygen atoms in total. The Morgan fingerprint density at radius 2 is 2.33 bits per heavy atom. The molecule has 0 aromatic carbocycles. The highest BCUT2D eigenvalue weighted by molar-refractivity contribution is 5.61. The zero-order chi connectivity index (χ0) is 10.1. The average Bonchev–Trinajstić information content (AvgIpc) is 3.02. The molecule has 0 saturated carbocycles. The highest BCUT2D eigenvalue weighted by atomic mass is 16.8. The zero-order valence-corrected chi connectivity index (χ0v) is 7.19. The first-order valence-electron chi connectivity index (χ1n) is 3.91. The van der Waals surface area contributed by atoms with Crippen LogP contribution in [-0.2, 0) is 4.94 Å². The van der Waals surface area contributed by atoms with Gasteiger partial charge in [0.2, 0.25) is 18.0 Å². The van der Waals surface area contributed by atoms with Crippen LogP contribution in [0.1, 0.15) is 5.82 Å². The van der Waals surface area contributed by atoms with E-state index in [0.717, 1.165) is 0 Å². The second kappa shape index (κ2) is 3.06. The van der Waals surface area contributed by atoms with Gasteiger partial charge in [0.15, 0.2) is 6.26 Å². The highest BCUT2D eigenvalue weighted by Gasteiger charge is 2.21. The summed E-state index contributed by atoms with van der Waals surface area (Å²) in [5.74, 6) is 0.787. The summed E-state index contributed by atoms with van der Waals surface area (Å²) in [7, 11) is 0. The van der Waals surface area contributed by atoms with E-state index in [-0.39, 0.29) is 0 Å². The maximum Gasteiger partial charge on any atom is 0.223 e.